The van der Waals surface area contributed by atoms with Crippen LogP contribution >= 0.6 is 0 Å². The molecule has 0 bridgehead atoms. The molecule has 0 unspecified atom stereocenters. The van der Waals surface area contributed by atoms with Crippen molar-refractivity contribution in [2.75, 3.05) is 25.5 Å². The van der Waals surface area contributed by atoms with Crippen molar-refractivity contribution in [2.24, 2.45) is 0 Å². The second-order valence-electron chi connectivity index (χ2n) is 5.16. The van der Waals surface area contributed by atoms with Crippen molar-refractivity contribution >= 4 is 11.4 Å². The van der Waals surface area contributed by atoms with E-state index in [2.05, 4.69) is 10.2 Å². The van der Waals surface area contributed by atoms with Gasteiger partial charge in [-0.3, -0.25) is 10.1 Å². The van der Waals surface area contributed by atoms with Crippen molar-refractivity contribution in [3.8, 4) is 11.8 Å². The van der Waals surface area contributed by atoms with E-state index in [-0.39, 0.29) is 23.4 Å². The minimum absolute atomic E-state index is 0.00243. The van der Waals surface area contributed by atoms with Crippen LogP contribution in [0.25, 0.3) is 0 Å². The van der Waals surface area contributed by atoms with Crippen LogP contribution in [0.4, 0.5) is 11.4 Å². The third-order valence-corrected chi connectivity index (χ3v) is 3.81. The number of nitro groups is 1. The molecule has 1 saturated heterocycles. The molecule has 1 aromatic carbocycles. The minimum Gasteiger partial charge on any atom is -0.484 e. The lowest BCUT2D eigenvalue weighted by molar-refractivity contribution is -0.385. The Morgan fingerprint density at radius 3 is 3.10 bits per heavy atom. The molecule has 1 N–H and O–H groups in total. The van der Waals surface area contributed by atoms with Gasteiger partial charge >= 0.3 is 0 Å². The normalized spacial score (nSPS) is 24.6. The monoisotopic (exact) mass is 274 g/mol. The van der Waals surface area contributed by atoms with Gasteiger partial charge in [-0.05, 0) is 19.5 Å². The number of fused-ring (bicyclic) bond motifs is 2. The van der Waals surface area contributed by atoms with Crippen LogP contribution in [-0.4, -0.2) is 42.1 Å². The molecule has 7 nitrogen and oxygen atoms in total. The highest BCUT2D eigenvalue weighted by molar-refractivity contribution is 5.71. The summed E-state index contributed by atoms with van der Waals surface area (Å²) in [5, 5.41) is 23.5. The summed E-state index contributed by atoms with van der Waals surface area (Å²) in [6, 6.07) is 5.00. The number of rotatable bonds is 1. The number of piperidine rings is 1. The molecule has 7 heteroatoms. The van der Waals surface area contributed by atoms with Crippen molar-refractivity contribution in [1.29, 1.82) is 5.26 Å². The minimum atomic E-state index is -0.553. The second-order valence-corrected chi connectivity index (χ2v) is 5.16. The number of hydrogen-bond acceptors (Lipinski definition) is 6. The average Bonchev–Trinajstić information content (AvgIpc) is 2.43. The van der Waals surface area contributed by atoms with Gasteiger partial charge in [0.1, 0.15) is 12.2 Å². The molecule has 20 heavy (non-hydrogen) atoms. The van der Waals surface area contributed by atoms with Crippen LogP contribution in [0.15, 0.2) is 12.1 Å². The zero-order valence-corrected chi connectivity index (χ0v) is 11.0. The van der Waals surface area contributed by atoms with E-state index in [0.717, 1.165) is 19.5 Å². The molecule has 0 amide bonds. The van der Waals surface area contributed by atoms with Crippen LogP contribution in [0.1, 0.15) is 12.0 Å². The van der Waals surface area contributed by atoms with E-state index in [0.29, 0.717) is 11.4 Å². The molecule has 2 aliphatic rings. The Morgan fingerprint density at radius 1 is 1.60 bits per heavy atom. The number of nitrogens with one attached hydrogen (secondary N) is 1. The van der Waals surface area contributed by atoms with Gasteiger partial charge in [0.25, 0.3) is 5.69 Å². The van der Waals surface area contributed by atoms with E-state index in [1.807, 2.05) is 13.1 Å². The van der Waals surface area contributed by atoms with Crippen LogP contribution in [0.2, 0.25) is 0 Å². The third-order valence-electron chi connectivity index (χ3n) is 3.81. The number of likely N-dealkylation sites (N-methyl/N-ethyl adjacent to an activating group) is 1. The maximum Gasteiger partial charge on any atom is 0.291 e. The van der Waals surface area contributed by atoms with Crippen molar-refractivity contribution in [3.63, 3.8) is 0 Å². The first-order valence-electron chi connectivity index (χ1n) is 6.43. The molecule has 2 aliphatic heterocycles. The highest BCUT2D eigenvalue weighted by Crippen LogP contribution is 2.40. The summed E-state index contributed by atoms with van der Waals surface area (Å²) in [5.74, 6) is 0.313. The molecule has 104 valence electrons. The van der Waals surface area contributed by atoms with Gasteiger partial charge in [0.05, 0.1) is 16.7 Å². The Kier molecular flexibility index (Phi) is 2.95. The molecule has 2 heterocycles. The summed E-state index contributed by atoms with van der Waals surface area (Å²) < 4.78 is 5.88. The molecule has 0 aliphatic carbocycles. The van der Waals surface area contributed by atoms with Crippen LogP contribution in [0.5, 0.6) is 5.75 Å². The van der Waals surface area contributed by atoms with Crippen LogP contribution in [0.3, 0.4) is 0 Å². The summed E-state index contributed by atoms with van der Waals surface area (Å²) in [7, 11) is 2.05. The van der Waals surface area contributed by atoms with Crippen molar-refractivity contribution in [1.82, 2.24) is 4.90 Å². The number of nitro benzene ring substituents is 1. The highest BCUT2D eigenvalue weighted by atomic mass is 16.6. The Balaban J connectivity index is 2.02. The Morgan fingerprint density at radius 2 is 2.40 bits per heavy atom. The number of nitrogens with zero attached hydrogens (tertiary/aromatic N) is 3. The molecular formula is C13H14N4O3. The molecule has 1 aromatic rings. The SMILES string of the molecule is CN1CC[C@H]2Oc3c(ccc([N+](=O)[O-])c3C#N)N[C@@H]2C1. The van der Waals surface area contributed by atoms with Gasteiger partial charge in [0.2, 0.25) is 0 Å². The topological polar surface area (TPSA) is 91.4 Å². The summed E-state index contributed by atoms with van der Waals surface area (Å²) in [4.78, 5) is 12.6. The number of anilines is 1. The number of ether oxygens (including phenoxy) is 1. The summed E-state index contributed by atoms with van der Waals surface area (Å²) >= 11 is 0. The maximum atomic E-state index is 11.0. The standard InChI is InChI=1S/C13H14N4O3/c1-16-5-4-12-10(7-16)15-9-2-3-11(17(18)19)8(6-14)13(9)20-12/h2-3,10,12,15H,4-5,7H2,1H3/t10-,12-/m1/s1. The summed E-state index contributed by atoms with van der Waals surface area (Å²) in [5.41, 5.74) is 0.445. The molecule has 0 radical (unpaired) electrons. The fourth-order valence-electron chi connectivity index (χ4n) is 2.79. The van der Waals surface area contributed by atoms with Gasteiger partial charge in [0, 0.05) is 19.2 Å². The maximum absolute atomic E-state index is 11.0. The first kappa shape index (κ1) is 12.7. The van der Waals surface area contributed by atoms with Gasteiger partial charge in [0.15, 0.2) is 11.3 Å². The second kappa shape index (κ2) is 4.65. The molecular weight excluding hydrogens is 260 g/mol. The van der Waals surface area contributed by atoms with E-state index in [1.54, 1.807) is 6.07 Å². The average molecular weight is 274 g/mol. The quantitative estimate of drug-likeness (QED) is 0.614. The van der Waals surface area contributed by atoms with Gasteiger partial charge in [-0.1, -0.05) is 0 Å². The number of nitriles is 1. The Hall–Kier alpha value is -2.33. The van der Waals surface area contributed by atoms with Gasteiger partial charge in [-0.2, -0.15) is 5.26 Å². The van der Waals surface area contributed by atoms with Crippen LogP contribution in [-0.2, 0) is 0 Å². The fourth-order valence-corrected chi connectivity index (χ4v) is 2.79. The summed E-state index contributed by atoms with van der Waals surface area (Å²) in [6.07, 6.45) is 0.786. The van der Waals surface area contributed by atoms with Crippen molar-refractivity contribution in [3.05, 3.63) is 27.8 Å². The van der Waals surface area contributed by atoms with E-state index < -0.39 is 4.92 Å². The lowest BCUT2D eigenvalue weighted by Crippen LogP contribution is -2.53. The molecule has 3 rings (SSSR count). The van der Waals surface area contributed by atoms with Crippen LogP contribution in [0, 0.1) is 21.4 Å². The molecule has 0 saturated carbocycles. The predicted octanol–water partition coefficient (Wildman–Crippen LogP) is 1.34. The van der Waals surface area contributed by atoms with Gasteiger partial charge < -0.3 is 15.0 Å². The Bertz CT molecular complexity index is 610. The molecule has 1 fully saturated rings. The fraction of sp³-hybridized carbons (Fsp3) is 0.462. The zero-order chi connectivity index (χ0) is 14.3. The number of hydrogen-bond donors (Lipinski definition) is 1. The lowest BCUT2D eigenvalue weighted by Gasteiger charge is -2.41. The van der Waals surface area contributed by atoms with Crippen molar-refractivity contribution < 1.29 is 9.66 Å². The first-order valence-corrected chi connectivity index (χ1v) is 6.43. The summed E-state index contributed by atoms with van der Waals surface area (Å²) in [6.45, 7) is 1.76. The van der Waals surface area contributed by atoms with Gasteiger partial charge in [-0.25, -0.2) is 0 Å². The number of likely N-dealkylation sites (tertiary alicyclic amines) is 1. The lowest BCUT2D eigenvalue weighted by atomic mass is 9.98. The van der Waals surface area contributed by atoms with Crippen molar-refractivity contribution in [2.45, 2.75) is 18.6 Å². The van der Waals surface area contributed by atoms with E-state index in [4.69, 9.17) is 4.74 Å². The molecule has 0 aromatic heterocycles. The smallest absolute Gasteiger partial charge is 0.291 e. The zero-order valence-electron chi connectivity index (χ0n) is 11.0. The predicted molar refractivity (Wildman–Crippen MR) is 71.8 cm³/mol. The largest absolute Gasteiger partial charge is 0.484 e. The van der Waals surface area contributed by atoms with E-state index in [1.165, 1.54) is 6.07 Å². The van der Waals surface area contributed by atoms with Crippen LogP contribution < -0.4 is 10.1 Å². The highest BCUT2D eigenvalue weighted by Gasteiger charge is 2.36. The van der Waals surface area contributed by atoms with Gasteiger partial charge in [-0.15, -0.1) is 0 Å². The van der Waals surface area contributed by atoms with E-state index in [9.17, 15) is 15.4 Å². The Labute approximate surface area is 115 Å². The number of benzene rings is 1. The third kappa shape index (κ3) is 1.94. The molecule has 0 spiro atoms. The molecule has 2 atom stereocenters. The van der Waals surface area contributed by atoms with E-state index >= 15 is 0 Å². The first-order chi connectivity index (χ1) is 9.60.